The molecule has 3 aromatic rings. The number of aromatic amines is 1. The standard InChI is InChI=1S/C16H12F4N2/c1-2-5-8-11(13(18)15(20)14(19)12(8)17)16-21-9-6-3-4-7-10(9)22-16/h3-4,6-7H,2,5H2,1H3,(H,21,22). The normalized spacial score (nSPS) is 11.3. The SMILES string of the molecule is CCCc1c(F)c(F)c(F)c(F)c1-c1nc2ccccc2[nH]1. The van der Waals surface area contributed by atoms with Gasteiger partial charge in [0.2, 0.25) is 0 Å². The number of aromatic nitrogens is 2. The summed E-state index contributed by atoms with van der Waals surface area (Å²) in [5.41, 5.74) is 0.571. The zero-order valence-corrected chi connectivity index (χ0v) is 11.7. The van der Waals surface area contributed by atoms with Gasteiger partial charge in [0.1, 0.15) is 5.82 Å². The number of hydrogen-bond donors (Lipinski definition) is 1. The van der Waals surface area contributed by atoms with Gasteiger partial charge in [-0.1, -0.05) is 25.5 Å². The lowest BCUT2D eigenvalue weighted by Crippen LogP contribution is -2.06. The van der Waals surface area contributed by atoms with E-state index in [1.54, 1.807) is 31.2 Å². The van der Waals surface area contributed by atoms with Crippen molar-refractivity contribution in [1.82, 2.24) is 9.97 Å². The largest absolute Gasteiger partial charge is 0.338 e. The van der Waals surface area contributed by atoms with Crippen LogP contribution in [0.2, 0.25) is 0 Å². The minimum atomic E-state index is -1.83. The van der Waals surface area contributed by atoms with Crippen molar-refractivity contribution in [2.45, 2.75) is 19.8 Å². The van der Waals surface area contributed by atoms with Crippen LogP contribution in [0.4, 0.5) is 17.6 Å². The summed E-state index contributed by atoms with van der Waals surface area (Å²) in [6.07, 6.45) is 0.529. The third kappa shape index (κ3) is 2.15. The van der Waals surface area contributed by atoms with Crippen molar-refractivity contribution in [2.24, 2.45) is 0 Å². The van der Waals surface area contributed by atoms with Gasteiger partial charge in [0, 0.05) is 5.56 Å². The van der Waals surface area contributed by atoms with Crippen LogP contribution in [-0.4, -0.2) is 9.97 Å². The second-order valence-corrected chi connectivity index (χ2v) is 4.96. The highest BCUT2D eigenvalue weighted by atomic mass is 19.2. The lowest BCUT2D eigenvalue weighted by molar-refractivity contribution is 0.405. The minimum Gasteiger partial charge on any atom is -0.338 e. The Morgan fingerprint density at radius 2 is 1.64 bits per heavy atom. The highest BCUT2D eigenvalue weighted by Crippen LogP contribution is 2.33. The Balaban J connectivity index is 2.33. The van der Waals surface area contributed by atoms with E-state index in [4.69, 9.17) is 0 Å². The molecular formula is C16H12F4N2. The Kier molecular flexibility index (Phi) is 3.60. The third-order valence-electron chi connectivity index (χ3n) is 3.49. The number of nitrogens with zero attached hydrogens (tertiary/aromatic N) is 1. The topological polar surface area (TPSA) is 28.7 Å². The van der Waals surface area contributed by atoms with Crippen molar-refractivity contribution < 1.29 is 17.6 Å². The average Bonchev–Trinajstić information content (AvgIpc) is 2.94. The summed E-state index contributed by atoms with van der Waals surface area (Å²) in [5.74, 6) is -6.42. The van der Waals surface area contributed by atoms with Crippen LogP contribution >= 0.6 is 0 Å². The molecule has 0 bridgehead atoms. The molecule has 1 heterocycles. The first-order chi connectivity index (χ1) is 10.5. The van der Waals surface area contributed by atoms with Gasteiger partial charge in [0.15, 0.2) is 23.3 Å². The fourth-order valence-corrected chi connectivity index (χ4v) is 2.48. The van der Waals surface area contributed by atoms with E-state index in [2.05, 4.69) is 9.97 Å². The van der Waals surface area contributed by atoms with Gasteiger partial charge >= 0.3 is 0 Å². The summed E-state index contributed by atoms with van der Waals surface area (Å²) in [4.78, 5) is 6.97. The van der Waals surface area contributed by atoms with E-state index in [0.29, 0.717) is 17.5 Å². The smallest absolute Gasteiger partial charge is 0.198 e. The summed E-state index contributed by atoms with van der Waals surface area (Å²) in [6, 6.07) is 6.88. The van der Waals surface area contributed by atoms with E-state index in [0.717, 1.165) is 0 Å². The predicted molar refractivity (Wildman–Crippen MR) is 75.4 cm³/mol. The van der Waals surface area contributed by atoms with Gasteiger partial charge in [-0.3, -0.25) is 0 Å². The molecule has 22 heavy (non-hydrogen) atoms. The van der Waals surface area contributed by atoms with Crippen molar-refractivity contribution in [3.63, 3.8) is 0 Å². The van der Waals surface area contributed by atoms with Crippen LogP contribution in [0.15, 0.2) is 24.3 Å². The van der Waals surface area contributed by atoms with Crippen molar-refractivity contribution in [2.75, 3.05) is 0 Å². The van der Waals surface area contributed by atoms with Crippen LogP contribution in [0.25, 0.3) is 22.4 Å². The number of imidazole rings is 1. The summed E-state index contributed by atoms with van der Waals surface area (Å²) >= 11 is 0. The van der Waals surface area contributed by atoms with Crippen molar-refractivity contribution in [3.8, 4) is 11.4 Å². The van der Waals surface area contributed by atoms with E-state index >= 15 is 0 Å². The van der Waals surface area contributed by atoms with Gasteiger partial charge in [-0.25, -0.2) is 22.5 Å². The van der Waals surface area contributed by atoms with Crippen molar-refractivity contribution in [1.29, 1.82) is 0 Å². The summed E-state index contributed by atoms with van der Waals surface area (Å²) in [5, 5.41) is 0. The molecule has 0 amide bonds. The second-order valence-electron chi connectivity index (χ2n) is 4.96. The van der Waals surface area contributed by atoms with E-state index in [9.17, 15) is 17.6 Å². The van der Waals surface area contributed by atoms with E-state index in [-0.39, 0.29) is 23.4 Å². The quantitative estimate of drug-likeness (QED) is 0.422. The van der Waals surface area contributed by atoms with Crippen LogP contribution in [0.1, 0.15) is 18.9 Å². The van der Waals surface area contributed by atoms with Crippen LogP contribution in [0.5, 0.6) is 0 Å². The molecule has 3 rings (SSSR count). The maximum absolute atomic E-state index is 14.2. The zero-order valence-electron chi connectivity index (χ0n) is 11.7. The number of nitrogens with one attached hydrogen (secondary N) is 1. The molecule has 1 aromatic heterocycles. The highest BCUT2D eigenvalue weighted by molar-refractivity contribution is 5.80. The minimum absolute atomic E-state index is 0.0139. The molecule has 0 atom stereocenters. The lowest BCUT2D eigenvalue weighted by Gasteiger charge is -2.11. The van der Waals surface area contributed by atoms with Gasteiger partial charge in [-0.15, -0.1) is 0 Å². The molecule has 0 fully saturated rings. The summed E-state index contributed by atoms with van der Waals surface area (Å²) in [7, 11) is 0. The zero-order chi connectivity index (χ0) is 15.9. The van der Waals surface area contributed by atoms with Crippen LogP contribution in [0, 0.1) is 23.3 Å². The highest BCUT2D eigenvalue weighted by Gasteiger charge is 2.27. The molecule has 0 radical (unpaired) electrons. The number of H-pyrrole nitrogens is 1. The molecule has 0 spiro atoms. The lowest BCUT2D eigenvalue weighted by atomic mass is 10.0. The van der Waals surface area contributed by atoms with Crippen LogP contribution < -0.4 is 0 Å². The van der Waals surface area contributed by atoms with E-state index in [1.165, 1.54) is 0 Å². The van der Waals surface area contributed by atoms with Crippen molar-refractivity contribution in [3.05, 3.63) is 53.1 Å². The molecule has 0 saturated heterocycles. The molecule has 0 aliphatic rings. The van der Waals surface area contributed by atoms with Crippen LogP contribution in [0.3, 0.4) is 0 Å². The van der Waals surface area contributed by atoms with Gasteiger partial charge in [-0.2, -0.15) is 0 Å². The van der Waals surface area contributed by atoms with Crippen molar-refractivity contribution >= 4 is 11.0 Å². The second kappa shape index (κ2) is 5.44. The van der Waals surface area contributed by atoms with E-state index in [1.807, 2.05) is 0 Å². The fraction of sp³-hybridized carbons (Fsp3) is 0.188. The molecule has 1 N–H and O–H groups in total. The number of benzene rings is 2. The van der Waals surface area contributed by atoms with E-state index < -0.39 is 23.3 Å². The maximum Gasteiger partial charge on any atom is 0.198 e. The Labute approximate surface area is 123 Å². The molecule has 0 aliphatic carbocycles. The average molecular weight is 308 g/mol. The molecule has 114 valence electrons. The number of rotatable bonds is 3. The molecule has 0 unspecified atom stereocenters. The van der Waals surface area contributed by atoms with Gasteiger partial charge < -0.3 is 4.98 Å². The van der Waals surface area contributed by atoms with Gasteiger partial charge in [0.05, 0.1) is 16.6 Å². The Morgan fingerprint density at radius 3 is 2.32 bits per heavy atom. The van der Waals surface area contributed by atoms with Gasteiger partial charge in [-0.05, 0) is 18.6 Å². The summed E-state index contributed by atoms with van der Waals surface area (Å²) in [6.45, 7) is 1.74. The predicted octanol–water partition coefficient (Wildman–Crippen LogP) is 4.74. The van der Waals surface area contributed by atoms with Gasteiger partial charge in [0.25, 0.3) is 0 Å². The molecular weight excluding hydrogens is 296 g/mol. The number of halogens is 4. The maximum atomic E-state index is 14.2. The monoisotopic (exact) mass is 308 g/mol. The molecule has 6 heteroatoms. The molecule has 2 nitrogen and oxygen atoms in total. The number of fused-ring (bicyclic) bond motifs is 1. The first-order valence-corrected chi connectivity index (χ1v) is 6.84. The first kappa shape index (κ1) is 14.6. The Hall–Kier alpha value is -2.37. The molecule has 0 aliphatic heterocycles. The molecule has 2 aromatic carbocycles. The summed E-state index contributed by atoms with van der Waals surface area (Å²) < 4.78 is 55.2. The fourth-order valence-electron chi connectivity index (χ4n) is 2.48. The Morgan fingerprint density at radius 1 is 0.955 bits per heavy atom. The number of hydrogen-bond acceptors (Lipinski definition) is 1. The number of para-hydroxylation sites is 2. The first-order valence-electron chi connectivity index (χ1n) is 6.84. The Bertz CT molecular complexity index is 822. The third-order valence-corrected chi connectivity index (χ3v) is 3.49. The van der Waals surface area contributed by atoms with Crippen LogP contribution in [-0.2, 0) is 6.42 Å². The molecule has 0 saturated carbocycles.